The monoisotopic (exact) mass is 305 g/mol. The molecule has 2 N–H and O–H groups in total. The van der Waals surface area contributed by atoms with Crippen LogP contribution in [0.1, 0.15) is 39.0 Å². The smallest absolute Gasteiger partial charge is 0.314 e. The maximum Gasteiger partial charge on any atom is 0.314 e. The minimum Gasteiger partial charge on any atom is -0.338 e. The van der Waals surface area contributed by atoms with Crippen molar-refractivity contribution in [3.05, 3.63) is 0 Å². The first-order chi connectivity index (χ1) is 9.43. The lowest BCUT2D eigenvalue weighted by Gasteiger charge is -2.17. The van der Waals surface area contributed by atoms with Gasteiger partial charge in [-0.05, 0) is 25.2 Å². The molecule has 1 aliphatic rings. The number of nitrogens with one attached hydrogen (secondary N) is 2. The van der Waals surface area contributed by atoms with Crippen LogP contribution < -0.4 is 10.6 Å². The number of carbonyl (C=O) groups is 1. The van der Waals surface area contributed by atoms with Gasteiger partial charge >= 0.3 is 6.03 Å². The molecule has 0 aromatic carbocycles. The van der Waals surface area contributed by atoms with Gasteiger partial charge < -0.3 is 10.6 Å². The van der Waals surface area contributed by atoms with Gasteiger partial charge in [0.05, 0.1) is 6.26 Å². The standard InChI is InChI=1S/C13H27N3O3S/c1-3-16(20(2,18)19)10-6-9-14-13(17)15-11-12-7-4-5-8-12/h12H,3-11H2,1-2H3,(H2,14,15,17). The SMILES string of the molecule is CCN(CCCNC(=O)NCC1CCCC1)S(C)(=O)=O. The Morgan fingerprint density at radius 3 is 2.45 bits per heavy atom. The molecule has 0 radical (unpaired) electrons. The average molecular weight is 305 g/mol. The first-order valence-electron chi connectivity index (χ1n) is 7.40. The second kappa shape index (κ2) is 8.46. The molecule has 6 nitrogen and oxygen atoms in total. The molecule has 1 fully saturated rings. The predicted molar refractivity (Wildman–Crippen MR) is 80.1 cm³/mol. The Labute approximate surface area is 122 Å². The van der Waals surface area contributed by atoms with Gasteiger partial charge in [0.25, 0.3) is 0 Å². The van der Waals surface area contributed by atoms with Crippen molar-refractivity contribution in [2.24, 2.45) is 5.92 Å². The normalized spacial score (nSPS) is 16.6. The van der Waals surface area contributed by atoms with Crippen LogP contribution in [0.3, 0.4) is 0 Å². The zero-order valence-corrected chi connectivity index (χ0v) is 13.3. The summed E-state index contributed by atoms with van der Waals surface area (Å²) >= 11 is 0. The van der Waals surface area contributed by atoms with E-state index in [1.54, 1.807) is 0 Å². The summed E-state index contributed by atoms with van der Waals surface area (Å²) in [6.07, 6.45) is 6.79. The molecule has 0 saturated heterocycles. The summed E-state index contributed by atoms with van der Waals surface area (Å²) in [5, 5.41) is 5.64. The van der Waals surface area contributed by atoms with E-state index in [9.17, 15) is 13.2 Å². The quantitative estimate of drug-likeness (QED) is 0.660. The number of rotatable bonds is 8. The molecular weight excluding hydrogens is 278 g/mol. The summed E-state index contributed by atoms with van der Waals surface area (Å²) in [6.45, 7) is 3.95. The van der Waals surface area contributed by atoms with E-state index < -0.39 is 10.0 Å². The molecule has 0 heterocycles. The van der Waals surface area contributed by atoms with E-state index in [0.29, 0.717) is 32.0 Å². The van der Waals surface area contributed by atoms with Crippen molar-refractivity contribution in [3.8, 4) is 0 Å². The van der Waals surface area contributed by atoms with Crippen LogP contribution in [0, 0.1) is 5.92 Å². The maximum atomic E-state index is 11.6. The maximum absolute atomic E-state index is 11.6. The van der Waals surface area contributed by atoms with Crippen LogP contribution in [0.5, 0.6) is 0 Å². The molecule has 1 aliphatic carbocycles. The highest BCUT2D eigenvalue weighted by atomic mass is 32.2. The van der Waals surface area contributed by atoms with Gasteiger partial charge in [-0.2, -0.15) is 0 Å². The topological polar surface area (TPSA) is 78.5 Å². The minimum absolute atomic E-state index is 0.153. The van der Waals surface area contributed by atoms with Crippen molar-refractivity contribution in [2.45, 2.75) is 39.0 Å². The predicted octanol–water partition coefficient (Wildman–Crippen LogP) is 1.15. The molecule has 118 valence electrons. The third-order valence-corrected chi connectivity index (χ3v) is 5.10. The molecular formula is C13H27N3O3S. The lowest BCUT2D eigenvalue weighted by molar-refractivity contribution is 0.238. The van der Waals surface area contributed by atoms with Crippen molar-refractivity contribution in [1.29, 1.82) is 0 Å². The highest BCUT2D eigenvalue weighted by Gasteiger charge is 2.16. The summed E-state index contributed by atoms with van der Waals surface area (Å²) in [5.74, 6) is 0.626. The third-order valence-electron chi connectivity index (χ3n) is 3.72. The van der Waals surface area contributed by atoms with Crippen molar-refractivity contribution in [1.82, 2.24) is 14.9 Å². The van der Waals surface area contributed by atoms with Gasteiger partial charge in [-0.1, -0.05) is 19.8 Å². The molecule has 0 spiro atoms. The summed E-state index contributed by atoms with van der Waals surface area (Å²) in [7, 11) is -3.13. The molecule has 0 aromatic rings. The van der Waals surface area contributed by atoms with Gasteiger partial charge in [0.1, 0.15) is 0 Å². The molecule has 0 aromatic heterocycles. The van der Waals surface area contributed by atoms with E-state index in [-0.39, 0.29) is 6.03 Å². The fourth-order valence-corrected chi connectivity index (χ4v) is 3.46. The Morgan fingerprint density at radius 2 is 1.90 bits per heavy atom. The molecule has 0 atom stereocenters. The van der Waals surface area contributed by atoms with Crippen molar-refractivity contribution >= 4 is 16.1 Å². The van der Waals surface area contributed by atoms with Crippen LogP contribution in [0.4, 0.5) is 4.79 Å². The van der Waals surface area contributed by atoms with Crippen LogP contribution in [0.25, 0.3) is 0 Å². The molecule has 0 unspecified atom stereocenters. The second-order valence-corrected chi connectivity index (χ2v) is 7.38. The minimum atomic E-state index is -3.13. The highest BCUT2D eigenvalue weighted by molar-refractivity contribution is 7.88. The van der Waals surface area contributed by atoms with Gasteiger partial charge in [-0.3, -0.25) is 0 Å². The Morgan fingerprint density at radius 1 is 1.25 bits per heavy atom. The Balaban J connectivity index is 2.09. The van der Waals surface area contributed by atoms with Crippen LogP contribution in [-0.4, -0.2) is 51.2 Å². The number of urea groups is 1. The van der Waals surface area contributed by atoms with E-state index >= 15 is 0 Å². The van der Waals surface area contributed by atoms with E-state index in [1.807, 2.05) is 6.92 Å². The Bertz CT molecular complexity index is 392. The Hall–Kier alpha value is -0.820. The van der Waals surface area contributed by atoms with Crippen LogP contribution in [-0.2, 0) is 10.0 Å². The van der Waals surface area contributed by atoms with Crippen molar-refractivity contribution in [3.63, 3.8) is 0 Å². The number of amides is 2. The highest BCUT2D eigenvalue weighted by Crippen LogP contribution is 2.23. The molecule has 2 amide bonds. The lowest BCUT2D eigenvalue weighted by Crippen LogP contribution is -2.39. The molecule has 1 saturated carbocycles. The number of sulfonamides is 1. The zero-order valence-electron chi connectivity index (χ0n) is 12.5. The van der Waals surface area contributed by atoms with E-state index in [0.717, 1.165) is 6.54 Å². The van der Waals surface area contributed by atoms with E-state index in [1.165, 1.54) is 36.2 Å². The van der Waals surface area contributed by atoms with Crippen molar-refractivity contribution in [2.75, 3.05) is 32.4 Å². The number of carbonyl (C=O) groups excluding carboxylic acids is 1. The molecule has 1 rings (SSSR count). The summed E-state index contributed by atoms with van der Waals surface area (Å²) in [4.78, 5) is 11.6. The van der Waals surface area contributed by atoms with Crippen LogP contribution in [0.15, 0.2) is 0 Å². The van der Waals surface area contributed by atoms with Gasteiger partial charge in [-0.15, -0.1) is 0 Å². The number of hydrogen-bond donors (Lipinski definition) is 2. The van der Waals surface area contributed by atoms with Crippen LogP contribution >= 0.6 is 0 Å². The van der Waals surface area contributed by atoms with E-state index in [4.69, 9.17) is 0 Å². The zero-order chi connectivity index (χ0) is 15.0. The fraction of sp³-hybridized carbons (Fsp3) is 0.923. The third kappa shape index (κ3) is 6.56. The first-order valence-corrected chi connectivity index (χ1v) is 9.25. The van der Waals surface area contributed by atoms with E-state index in [2.05, 4.69) is 10.6 Å². The summed E-state index contributed by atoms with van der Waals surface area (Å²) < 4.78 is 24.1. The Kier molecular flexibility index (Phi) is 7.29. The van der Waals surface area contributed by atoms with Gasteiger partial charge in [0, 0.05) is 26.2 Å². The summed E-state index contributed by atoms with van der Waals surface area (Å²) in [5.41, 5.74) is 0. The number of hydrogen-bond acceptors (Lipinski definition) is 3. The molecule has 20 heavy (non-hydrogen) atoms. The first kappa shape index (κ1) is 17.2. The second-order valence-electron chi connectivity index (χ2n) is 5.40. The summed E-state index contributed by atoms with van der Waals surface area (Å²) in [6, 6.07) is -0.153. The fourth-order valence-electron chi connectivity index (χ4n) is 2.53. The average Bonchev–Trinajstić information content (AvgIpc) is 2.87. The van der Waals surface area contributed by atoms with Crippen LogP contribution in [0.2, 0.25) is 0 Å². The lowest BCUT2D eigenvalue weighted by atomic mass is 10.1. The molecule has 0 bridgehead atoms. The van der Waals surface area contributed by atoms with Gasteiger partial charge in [-0.25, -0.2) is 17.5 Å². The van der Waals surface area contributed by atoms with Crippen molar-refractivity contribution < 1.29 is 13.2 Å². The van der Waals surface area contributed by atoms with Gasteiger partial charge in [0.2, 0.25) is 10.0 Å². The number of nitrogens with zero attached hydrogens (tertiary/aromatic N) is 1. The molecule has 7 heteroatoms. The van der Waals surface area contributed by atoms with Gasteiger partial charge in [0.15, 0.2) is 0 Å². The molecule has 0 aliphatic heterocycles. The largest absolute Gasteiger partial charge is 0.338 e.